The second kappa shape index (κ2) is 7.27. The molecule has 0 atom stereocenters. The Hall–Kier alpha value is -1.81. The molecule has 0 aliphatic heterocycles. The molecule has 2 rings (SSSR count). The van der Waals surface area contributed by atoms with Crippen molar-refractivity contribution in [1.82, 2.24) is 9.97 Å². The Balaban J connectivity index is 2.07. The Morgan fingerprint density at radius 3 is 2.71 bits per heavy atom. The highest BCUT2D eigenvalue weighted by molar-refractivity contribution is 6.32. The van der Waals surface area contributed by atoms with E-state index < -0.39 is 0 Å². The van der Waals surface area contributed by atoms with E-state index in [0.717, 1.165) is 30.0 Å². The topological polar surface area (TPSA) is 47.0 Å². The van der Waals surface area contributed by atoms with Crippen LogP contribution in [0.2, 0.25) is 5.02 Å². The Morgan fingerprint density at radius 2 is 2.00 bits per heavy atom. The smallest absolute Gasteiger partial charge is 0.168 e. The van der Waals surface area contributed by atoms with Crippen LogP contribution in [0.25, 0.3) is 0 Å². The highest BCUT2D eigenvalue weighted by atomic mass is 35.5. The third-order valence-electron chi connectivity index (χ3n) is 2.90. The van der Waals surface area contributed by atoms with Gasteiger partial charge in [0.1, 0.15) is 18.2 Å². The monoisotopic (exact) mass is 305 g/mol. The summed E-state index contributed by atoms with van der Waals surface area (Å²) in [4.78, 5) is 8.83. The highest BCUT2D eigenvalue weighted by Crippen LogP contribution is 2.25. The summed E-state index contributed by atoms with van der Waals surface area (Å²) in [5.74, 6) is 2.12. The minimum Gasteiger partial charge on any atom is -0.484 e. The third-order valence-corrected chi connectivity index (χ3v) is 3.20. The number of rotatable bonds is 6. The molecule has 0 aliphatic rings. The Kier molecular flexibility index (Phi) is 5.39. The van der Waals surface area contributed by atoms with Crippen LogP contribution in [0.3, 0.4) is 0 Å². The Labute approximate surface area is 130 Å². The van der Waals surface area contributed by atoms with Crippen LogP contribution in [-0.2, 0) is 6.61 Å². The molecule has 1 aromatic heterocycles. The van der Waals surface area contributed by atoms with Crippen molar-refractivity contribution in [1.29, 1.82) is 0 Å². The summed E-state index contributed by atoms with van der Waals surface area (Å²) in [5, 5.41) is 3.86. The molecule has 21 heavy (non-hydrogen) atoms. The fourth-order valence-corrected chi connectivity index (χ4v) is 2.19. The Morgan fingerprint density at radius 1 is 1.19 bits per heavy atom. The van der Waals surface area contributed by atoms with Gasteiger partial charge in [-0.05, 0) is 38.0 Å². The van der Waals surface area contributed by atoms with E-state index in [1.54, 1.807) is 0 Å². The van der Waals surface area contributed by atoms with E-state index in [1.165, 1.54) is 0 Å². The van der Waals surface area contributed by atoms with Crippen molar-refractivity contribution in [2.45, 2.75) is 33.8 Å². The third kappa shape index (κ3) is 4.60. The van der Waals surface area contributed by atoms with Gasteiger partial charge in [-0.25, -0.2) is 9.97 Å². The van der Waals surface area contributed by atoms with E-state index in [4.69, 9.17) is 16.3 Å². The number of nitrogens with zero attached hydrogens (tertiary/aromatic N) is 2. The number of halogens is 1. The van der Waals surface area contributed by atoms with E-state index in [9.17, 15) is 0 Å². The molecule has 0 bridgehead atoms. The fraction of sp³-hybridized carbons (Fsp3) is 0.375. The summed E-state index contributed by atoms with van der Waals surface area (Å²) in [5.41, 5.74) is 2.02. The van der Waals surface area contributed by atoms with Gasteiger partial charge in [0, 0.05) is 18.3 Å². The SMILES string of the molecule is CCCNc1cc(C)nc(COc2ccc(C)cc2Cl)n1. The lowest BCUT2D eigenvalue weighted by molar-refractivity contribution is 0.296. The van der Waals surface area contributed by atoms with E-state index in [-0.39, 0.29) is 0 Å². The number of aromatic nitrogens is 2. The lowest BCUT2D eigenvalue weighted by Crippen LogP contribution is -2.08. The first kappa shape index (κ1) is 15.6. The van der Waals surface area contributed by atoms with Gasteiger partial charge in [0.2, 0.25) is 0 Å². The molecule has 0 unspecified atom stereocenters. The number of benzene rings is 1. The molecule has 0 aliphatic carbocycles. The van der Waals surface area contributed by atoms with Gasteiger partial charge >= 0.3 is 0 Å². The van der Waals surface area contributed by atoms with Crippen LogP contribution >= 0.6 is 11.6 Å². The van der Waals surface area contributed by atoms with Crippen molar-refractivity contribution < 1.29 is 4.74 Å². The molecule has 0 amide bonds. The fourth-order valence-electron chi connectivity index (χ4n) is 1.90. The van der Waals surface area contributed by atoms with E-state index in [0.29, 0.717) is 23.2 Å². The number of hydrogen-bond donors (Lipinski definition) is 1. The van der Waals surface area contributed by atoms with Crippen LogP contribution in [0.15, 0.2) is 24.3 Å². The van der Waals surface area contributed by atoms with Gasteiger partial charge in [0.05, 0.1) is 5.02 Å². The molecule has 112 valence electrons. The van der Waals surface area contributed by atoms with E-state index in [2.05, 4.69) is 22.2 Å². The zero-order valence-electron chi connectivity index (χ0n) is 12.6. The van der Waals surface area contributed by atoms with Crippen molar-refractivity contribution in [2.24, 2.45) is 0 Å². The van der Waals surface area contributed by atoms with Crippen molar-refractivity contribution >= 4 is 17.4 Å². The van der Waals surface area contributed by atoms with Gasteiger partial charge in [-0.2, -0.15) is 0 Å². The van der Waals surface area contributed by atoms with E-state index >= 15 is 0 Å². The van der Waals surface area contributed by atoms with Crippen molar-refractivity contribution in [3.63, 3.8) is 0 Å². The molecule has 5 heteroatoms. The number of aryl methyl sites for hydroxylation is 2. The predicted octanol–water partition coefficient (Wildman–Crippen LogP) is 4.15. The summed E-state index contributed by atoms with van der Waals surface area (Å²) >= 11 is 6.15. The molecule has 1 N–H and O–H groups in total. The standard InChI is InChI=1S/C16H20ClN3O/c1-4-7-18-15-9-12(3)19-16(20-15)10-21-14-6-5-11(2)8-13(14)17/h5-6,8-9H,4,7,10H2,1-3H3,(H,18,19,20). The maximum atomic E-state index is 6.15. The molecule has 2 aromatic rings. The molecule has 0 radical (unpaired) electrons. The highest BCUT2D eigenvalue weighted by Gasteiger charge is 2.06. The summed E-state index contributed by atoms with van der Waals surface area (Å²) in [6.07, 6.45) is 1.05. The maximum Gasteiger partial charge on any atom is 0.168 e. The lowest BCUT2D eigenvalue weighted by Gasteiger charge is -2.10. The van der Waals surface area contributed by atoms with Crippen LogP contribution < -0.4 is 10.1 Å². The summed E-state index contributed by atoms with van der Waals surface area (Å²) in [7, 11) is 0. The van der Waals surface area contributed by atoms with Crippen LogP contribution in [0.5, 0.6) is 5.75 Å². The van der Waals surface area contributed by atoms with Crippen molar-refractivity contribution in [3.8, 4) is 5.75 Å². The molecule has 1 aromatic carbocycles. The summed E-state index contributed by atoms with van der Waals surface area (Å²) < 4.78 is 5.71. The van der Waals surface area contributed by atoms with Gasteiger partial charge < -0.3 is 10.1 Å². The first-order valence-electron chi connectivity index (χ1n) is 7.06. The van der Waals surface area contributed by atoms with Gasteiger partial charge in [-0.1, -0.05) is 24.6 Å². The molecule has 4 nitrogen and oxygen atoms in total. The molecular formula is C16H20ClN3O. The number of nitrogens with one attached hydrogen (secondary N) is 1. The van der Waals surface area contributed by atoms with Gasteiger partial charge in [0.15, 0.2) is 5.82 Å². The molecule has 0 saturated heterocycles. The number of hydrogen-bond acceptors (Lipinski definition) is 4. The average molecular weight is 306 g/mol. The number of ether oxygens (including phenoxy) is 1. The molecule has 0 fully saturated rings. The predicted molar refractivity (Wildman–Crippen MR) is 86.1 cm³/mol. The maximum absolute atomic E-state index is 6.15. The van der Waals surface area contributed by atoms with Crippen LogP contribution in [0, 0.1) is 13.8 Å². The number of anilines is 1. The van der Waals surface area contributed by atoms with Gasteiger partial charge in [-0.15, -0.1) is 0 Å². The van der Waals surface area contributed by atoms with Crippen LogP contribution in [0.1, 0.15) is 30.4 Å². The van der Waals surface area contributed by atoms with Crippen molar-refractivity contribution in [2.75, 3.05) is 11.9 Å². The minimum absolute atomic E-state index is 0.297. The molecule has 1 heterocycles. The lowest BCUT2D eigenvalue weighted by atomic mass is 10.2. The normalized spacial score (nSPS) is 10.5. The van der Waals surface area contributed by atoms with Crippen LogP contribution in [0.4, 0.5) is 5.82 Å². The quantitative estimate of drug-likeness (QED) is 0.871. The zero-order valence-corrected chi connectivity index (χ0v) is 13.4. The van der Waals surface area contributed by atoms with Gasteiger partial charge in [-0.3, -0.25) is 0 Å². The first-order valence-corrected chi connectivity index (χ1v) is 7.43. The second-order valence-corrected chi connectivity index (χ2v) is 5.37. The zero-order chi connectivity index (χ0) is 15.2. The molecular weight excluding hydrogens is 286 g/mol. The summed E-state index contributed by atoms with van der Waals surface area (Å²) in [6.45, 7) is 7.24. The van der Waals surface area contributed by atoms with Crippen molar-refractivity contribution in [3.05, 3.63) is 46.4 Å². The van der Waals surface area contributed by atoms with E-state index in [1.807, 2.05) is 38.1 Å². The Bertz CT molecular complexity index is 616. The molecule has 0 spiro atoms. The largest absolute Gasteiger partial charge is 0.484 e. The minimum atomic E-state index is 0.297. The van der Waals surface area contributed by atoms with Crippen LogP contribution in [-0.4, -0.2) is 16.5 Å². The summed E-state index contributed by atoms with van der Waals surface area (Å²) in [6, 6.07) is 7.64. The first-order chi connectivity index (χ1) is 10.1. The average Bonchev–Trinajstić information content (AvgIpc) is 2.43. The molecule has 0 saturated carbocycles. The van der Waals surface area contributed by atoms with Gasteiger partial charge in [0.25, 0.3) is 0 Å². The second-order valence-electron chi connectivity index (χ2n) is 4.96.